The summed E-state index contributed by atoms with van der Waals surface area (Å²) in [7, 11) is 0. The highest BCUT2D eigenvalue weighted by Gasteiger charge is 2.21. The molecule has 5 nitrogen and oxygen atoms in total. The molecule has 1 aliphatic carbocycles. The molecule has 3 aromatic heterocycles. The van der Waals surface area contributed by atoms with Crippen LogP contribution in [0.25, 0.3) is 21.5 Å². The van der Waals surface area contributed by atoms with E-state index in [1.54, 1.807) is 12.1 Å². The van der Waals surface area contributed by atoms with Gasteiger partial charge in [-0.25, -0.2) is 14.4 Å². The second-order valence-electron chi connectivity index (χ2n) is 7.70. The van der Waals surface area contributed by atoms with E-state index in [1.165, 1.54) is 53.2 Å². The molecule has 8 heteroatoms. The second-order valence-corrected chi connectivity index (χ2v) is 9.56. The predicted molar refractivity (Wildman–Crippen MR) is 125 cm³/mol. The number of nitrogens with two attached hydrogens (primary N) is 1. The van der Waals surface area contributed by atoms with Crippen molar-refractivity contribution in [1.29, 1.82) is 0 Å². The molecule has 158 valence electrons. The molecule has 0 atom stereocenters. The predicted octanol–water partition coefficient (Wildman–Crippen LogP) is 6.05. The van der Waals surface area contributed by atoms with E-state index >= 15 is 0 Å². The Hall–Kier alpha value is -2.84. The third kappa shape index (κ3) is 4.05. The summed E-state index contributed by atoms with van der Waals surface area (Å²) in [5.74, 6) is -0.581. The van der Waals surface area contributed by atoms with Crippen LogP contribution in [0, 0.1) is 5.82 Å². The van der Waals surface area contributed by atoms with Crippen LogP contribution in [-0.4, -0.2) is 15.9 Å². The maximum atomic E-state index is 13.1. The number of thiazole rings is 1. The van der Waals surface area contributed by atoms with Crippen molar-refractivity contribution in [2.45, 2.75) is 38.5 Å². The molecule has 1 amide bonds. The van der Waals surface area contributed by atoms with Crippen LogP contribution in [0.15, 0.2) is 35.7 Å². The quantitative estimate of drug-likeness (QED) is 0.396. The second kappa shape index (κ2) is 8.36. The average molecular weight is 453 g/mol. The monoisotopic (exact) mass is 452 g/mol. The number of carbonyl (C=O) groups is 1. The average Bonchev–Trinajstić information content (AvgIpc) is 3.33. The number of rotatable bonds is 3. The van der Waals surface area contributed by atoms with Gasteiger partial charge in [-0.2, -0.15) is 0 Å². The number of nitrogens with one attached hydrogen (secondary N) is 1. The molecule has 31 heavy (non-hydrogen) atoms. The minimum Gasteiger partial charge on any atom is -0.397 e. The highest BCUT2D eigenvalue weighted by molar-refractivity contribution is 7.21. The van der Waals surface area contributed by atoms with E-state index in [0.717, 1.165) is 47.2 Å². The number of nitrogen functional groups attached to an aromatic ring is 1. The van der Waals surface area contributed by atoms with E-state index < -0.39 is 0 Å². The number of carbonyl (C=O) groups excluding carboxylic acids is 1. The zero-order valence-corrected chi connectivity index (χ0v) is 18.4. The number of hydrogen-bond donors (Lipinski definition) is 2. The van der Waals surface area contributed by atoms with Crippen molar-refractivity contribution in [3.8, 4) is 11.3 Å². The maximum absolute atomic E-state index is 13.1. The van der Waals surface area contributed by atoms with Crippen LogP contribution in [0.2, 0.25) is 0 Å². The molecule has 1 aliphatic rings. The highest BCUT2D eigenvalue weighted by Crippen LogP contribution is 2.36. The van der Waals surface area contributed by atoms with Crippen LogP contribution in [0.4, 0.5) is 15.2 Å². The Morgan fingerprint density at radius 3 is 2.65 bits per heavy atom. The molecule has 3 N–H and O–H groups in total. The molecule has 0 saturated carbocycles. The zero-order chi connectivity index (χ0) is 21.4. The van der Waals surface area contributed by atoms with Gasteiger partial charge in [0.15, 0.2) is 5.13 Å². The number of amides is 1. The summed E-state index contributed by atoms with van der Waals surface area (Å²) in [6.45, 7) is 0. The molecule has 0 fully saturated rings. The van der Waals surface area contributed by atoms with Gasteiger partial charge in [-0.15, -0.1) is 22.7 Å². The van der Waals surface area contributed by atoms with E-state index in [9.17, 15) is 9.18 Å². The lowest BCUT2D eigenvalue weighted by molar-refractivity contribution is 0.103. The fourth-order valence-electron chi connectivity index (χ4n) is 3.92. The number of anilines is 2. The highest BCUT2D eigenvalue weighted by atomic mass is 32.1. The number of nitrogens with zero attached hydrogens (tertiary/aromatic N) is 2. The number of thiophene rings is 1. The molecule has 0 bridgehead atoms. The fraction of sp³-hybridized carbons (Fsp3) is 0.261. The topological polar surface area (TPSA) is 80.9 Å². The molecule has 3 heterocycles. The fourth-order valence-corrected chi connectivity index (χ4v) is 5.63. The molecule has 0 radical (unpaired) electrons. The number of aryl methyl sites for hydroxylation is 2. The Bertz CT molecular complexity index is 1260. The van der Waals surface area contributed by atoms with Crippen molar-refractivity contribution in [3.05, 3.63) is 57.7 Å². The number of aromatic nitrogens is 2. The Kier molecular flexibility index (Phi) is 5.41. The lowest BCUT2D eigenvalue weighted by Gasteiger charge is -2.12. The minimum atomic E-state index is -0.297. The van der Waals surface area contributed by atoms with Gasteiger partial charge in [0.2, 0.25) is 0 Å². The van der Waals surface area contributed by atoms with E-state index in [-0.39, 0.29) is 11.7 Å². The zero-order valence-electron chi connectivity index (χ0n) is 16.8. The van der Waals surface area contributed by atoms with Gasteiger partial charge in [-0.3, -0.25) is 10.1 Å². The third-order valence-electron chi connectivity index (χ3n) is 5.57. The van der Waals surface area contributed by atoms with Gasteiger partial charge in [0.25, 0.3) is 5.91 Å². The third-order valence-corrected chi connectivity index (χ3v) is 7.44. The maximum Gasteiger partial charge on any atom is 0.269 e. The molecule has 1 aromatic carbocycles. The van der Waals surface area contributed by atoms with E-state index in [0.29, 0.717) is 21.4 Å². The summed E-state index contributed by atoms with van der Waals surface area (Å²) in [5.41, 5.74) is 10.7. The van der Waals surface area contributed by atoms with Gasteiger partial charge in [0.05, 0.1) is 11.4 Å². The van der Waals surface area contributed by atoms with Gasteiger partial charge < -0.3 is 5.73 Å². The van der Waals surface area contributed by atoms with Crippen molar-refractivity contribution >= 4 is 49.6 Å². The smallest absolute Gasteiger partial charge is 0.269 e. The molecule has 0 aliphatic heterocycles. The van der Waals surface area contributed by atoms with Gasteiger partial charge in [0, 0.05) is 22.0 Å². The Morgan fingerprint density at radius 1 is 1.06 bits per heavy atom. The number of pyridine rings is 1. The molecule has 0 saturated heterocycles. The van der Waals surface area contributed by atoms with Gasteiger partial charge >= 0.3 is 0 Å². The van der Waals surface area contributed by atoms with Gasteiger partial charge in [-0.05, 0) is 61.6 Å². The number of benzene rings is 1. The first kappa shape index (κ1) is 20.1. The first-order chi connectivity index (χ1) is 15.1. The van der Waals surface area contributed by atoms with Crippen molar-refractivity contribution in [2.24, 2.45) is 0 Å². The molecular formula is C23H21FN4OS2. The molecule has 5 rings (SSSR count). The summed E-state index contributed by atoms with van der Waals surface area (Å²) >= 11 is 2.65. The molecule has 4 aromatic rings. The van der Waals surface area contributed by atoms with Crippen molar-refractivity contribution in [3.63, 3.8) is 0 Å². The summed E-state index contributed by atoms with van der Waals surface area (Å²) in [6, 6.07) is 8.24. The summed E-state index contributed by atoms with van der Waals surface area (Å²) in [5, 5.41) is 6.02. The SMILES string of the molecule is Nc1c(C(=O)Nc2nc(-c3ccc(F)cc3)cs2)sc2nc3c(cc12)CCCCCC3. The lowest BCUT2D eigenvalue weighted by Crippen LogP contribution is -2.11. The van der Waals surface area contributed by atoms with E-state index in [4.69, 9.17) is 10.7 Å². The number of fused-ring (bicyclic) bond motifs is 2. The normalized spacial score (nSPS) is 14.1. The van der Waals surface area contributed by atoms with Crippen LogP contribution in [-0.2, 0) is 12.8 Å². The van der Waals surface area contributed by atoms with E-state index in [1.807, 2.05) is 5.38 Å². The van der Waals surface area contributed by atoms with Gasteiger partial charge in [0.1, 0.15) is 15.5 Å². The lowest BCUT2D eigenvalue weighted by atomic mass is 9.96. The van der Waals surface area contributed by atoms with Crippen LogP contribution >= 0.6 is 22.7 Å². The largest absolute Gasteiger partial charge is 0.397 e. The van der Waals surface area contributed by atoms with Crippen molar-refractivity contribution in [1.82, 2.24) is 9.97 Å². The van der Waals surface area contributed by atoms with Gasteiger partial charge in [-0.1, -0.05) is 12.8 Å². The van der Waals surface area contributed by atoms with E-state index in [2.05, 4.69) is 16.4 Å². The molecular weight excluding hydrogens is 431 g/mol. The number of halogens is 1. The standard InChI is InChI=1S/C23H21FN4OS2/c24-15-9-7-13(8-10-15)18-12-30-23(27-18)28-21(29)20-19(25)16-11-14-5-3-1-2-4-6-17(14)26-22(16)31-20/h7-12H,1-6,25H2,(H,27,28,29). The van der Waals surface area contributed by atoms with Crippen molar-refractivity contribution in [2.75, 3.05) is 11.1 Å². The molecule has 0 unspecified atom stereocenters. The Labute approximate surface area is 187 Å². The minimum absolute atomic E-state index is 0.284. The molecule has 0 spiro atoms. The summed E-state index contributed by atoms with van der Waals surface area (Å²) < 4.78 is 13.1. The number of hydrogen-bond acceptors (Lipinski definition) is 6. The van der Waals surface area contributed by atoms with Crippen LogP contribution in [0.3, 0.4) is 0 Å². The van der Waals surface area contributed by atoms with Crippen LogP contribution in [0.5, 0.6) is 0 Å². The van der Waals surface area contributed by atoms with Crippen molar-refractivity contribution < 1.29 is 9.18 Å². The first-order valence-electron chi connectivity index (χ1n) is 10.3. The van der Waals surface area contributed by atoms with Crippen LogP contribution in [0.1, 0.15) is 46.6 Å². The summed E-state index contributed by atoms with van der Waals surface area (Å²) in [4.78, 5) is 23.5. The van der Waals surface area contributed by atoms with Crippen LogP contribution < -0.4 is 11.1 Å². The Balaban J connectivity index is 1.41. The first-order valence-corrected chi connectivity index (χ1v) is 12.0. The summed E-state index contributed by atoms with van der Waals surface area (Å²) in [6.07, 6.45) is 6.81. The Morgan fingerprint density at radius 2 is 1.84 bits per heavy atom.